The summed E-state index contributed by atoms with van der Waals surface area (Å²) >= 11 is 0. The highest BCUT2D eigenvalue weighted by atomic mass is 16.3. The fraction of sp³-hybridized carbons (Fsp3) is 0.667. The van der Waals surface area contributed by atoms with Gasteiger partial charge in [0, 0.05) is 31.0 Å². The summed E-state index contributed by atoms with van der Waals surface area (Å²) in [5.74, 6) is 1.07. The second-order valence-electron chi connectivity index (χ2n) is 6.01. The fourth-order valence-electron chi connectivity index (χ4n) is 1.78. The summed E-state index contributed by atoms with van der Waals surface area (Å²) in [6.45, 7) is 9.02. The van der Waals surface area contributed by atoms with Crippen molar-refractivity contribution in [1.82, 2.24) is 10.6 Å². The van der Waals surface area contributed by atoms with Crippen molar-refractivity contribution in [1.29, 1.82) is 0 Å². The lowest BCUT2D eigenvalue weighted by Gasteiger charge is -2.20. The zero-order valence-corrected chi connectivity index (χ0v) is 12.5. The highest BCUT2D eigenvalue weighted by Crippen LogP contribution is 2.05. The molecular formula is C15H26N2O2. The summed E-state index contributed by atoms with van der Waals surface area (Å²) in [7, 11) is 0. The van der Waals surface area contributed by atoms with Crippen LogP contribution < -0.4 is 10.6 Å². The van der Waals surface area contributed by atoms with Crippen LogP contribution in [0.1, 0.15) is 46.3 Å². The van der Waals surface area contributed by atoms with Crippen LogP contribution in [-0.4, -0.2) is 24.0 Å². The lowest BCUT2D eigenvalue weighted by Crippen LogP contribution is -2.40. The average molecular weight is 266 g/mol. The number of nitrogens with one attached hydrogen (secondary N) is 2. The maximum Gasteiger partial charge on any atom is 0.221 e. The van der Waals surface area contributed by atoms with Gasteiger partial charge in [0.05, 0.1) is 6.26 Å². The topological polar surface area (TPSA) is 54.3 Å². The van der Waals surface area contributed by atoms with Crippen molar-refractivity contribution in [2.45, 2.75) is 58.5 Å². The van der Waals surface area contributed by atoms with Gasteiger partial charge in [-0.05, 0) is 46.2 Å². The van der Waals surface area contributed by atoms with E-state index in [0.717, 1.165) is 18.6 Å². The van der Waals surface area contributed by atoms with Crippen LogP contribution in [0.2, 0.25) is 0 Å². The molecule has 1 rings (SSSR count). The Morgan fingerprint density at radius 1 is 1.42 bits per heavy atom. The normalized spacial score (nSPS) is 13.3. The molecule has 0 saturated carbocycles. The monoisotopic (exact) mass is 266 g/mol. The molecule has 0 aromatic carbocycles. The summed E-state index contributed by atoms with van der Waals surface area (Å²) in [5, 5.41) is 6.31. The van der Waals surface area contributed by atoms with Gasteiger partial charge in [0.25, 0.3) is 0 Å². The maximum absolute atomic E-state index is 11.7. The third-order valence-corrected chi connectivity index (χ3v) is 2.82. The van der Waals surface area contributed by atoms with E-state index in [1.807, 2.05) is 19.1 Å². The van der Waals surface area contributed by atoms with E-state index in [1.54, 1.807) is 6.26 Å². The molecule has 4 nitrogen and oxygen atoms in total. The molecule has 0 radical (unpaired) electrons. The van der Waals surface area contributed by atoms with Gasteiger partial charge in [-0.2, -0.15) is 0 Å². The summed E-state index contributed by atoms with van der Waals surface area (Å²) in [6, 6.07) is 4.02. The van der Waals surface area contributed by atoms with E-state index >= 15 is 0 Å². The summed E-state index contributed by atoms with van der Waals surface area (Å²) in [6.07, 6.45) is 3.94. The van der Waals surface area contributed by atoms with Crippen LogP contribution in [0.4, 0.5) is 0 Å². The standard InChI is InChI=1S/C15H26N2O2/c1-12(7-8-13-6-5-11-19-13)17-14(18)9-10-16-15(2,3)4/h5-6,11-12,16H,7-10H2,1-4H3,(H,17,18). The minimum atomic E-state index is 0.0607. The lowest BCUT2D eigenvalue weighted by atomic mass is 10.1. The average Bonchev–Trinajstić information content (AvgIpc) is 2.77. The number of hydrogen-bond acceptors (Lipinski definition) is 3. The molecule has 108 valence electrons. The molecule has 4 heteroatoms. The first-order valence-corrected chi connectivity index (χ1v) is 6.93. The summed E-state index contributed by atoms with van der Waals surface area (Å²) in [5.41, 5.74) is 0.0607. The minimum Gasteiger partial charge on any atom is -0.469 e. The molecule has 0 aliphatic rings. The Morgan fingerprint density at radius 2 is 2.16 bits per heavy atom. The van der Waals surface area contributed by atoms with E-state index in [4.69, 9.17) is 4.42 Å². The molecule has 2 N–H and O–H groups in total. The molecule has 0 saturated heterocycles. The van der Waals surface area contributed by atoms with Crippen LogP contribution in [0.15, 0.2) is 22.8 Å². The number of furan rings is 1. The number of aryl methyl sites for hydroxylation is 1. The lowest BCUT2D eigenvalue weighted by molar-refractivity contribution is -0.121. The molecule has 1 unspecified atom stereocenters. The number of carbonyl (C=O) groups excluding carboxylic acids is 1. The summed E-state index contributed by atoms with van der Waals surface area (Å²) in [4.78, 5) is 11.7. The van der Waals surface area contributed by atoms with Crippen molar-refractivity contribution in [2.24, 2.45) is 0 Å². The van der Waals surface area contributed by atoms with Gasteiger partial charge in [0.1, 0.15) is 5.76 Å². The van der Waals surface area contributed by atoms with Crippen molar-refractivity contribution in [3.63, 3.8) is 0 Å². The third kappa shape index (κ3) is 7.67. The predicted molar refractivity (Wildman–Crippen MR) is 77.0 cm³/mol. The van der Waals surface area contributed by atoms with Crippen LogP contribution in [0.25, 0.3) is 0 Å². The van der Waals surface area contributed by atoms with Gasteiger partial charge in [-0.25, -0.2) is 0 Å². The molecule has 0 spiro atoms. The number of carbonyl (C=O) groups is 1. The molecule has 1 heterocycles. The second kappa shape index (κ2) is 7.34. The Bertz CT molecular complexity index is 366. The highest BCUT2D eigenvalue weighted by Gasteiger charge is 2.11. The molecule has 19 heavy (non-hydrogen) atoms. The van der Waals surface area contributed by atoms with E-state index in [1.165, 1.54) is 0 Å². The van der Waals surface area contributed by atoms with E-state index < -0.39 is 0 Å². The first-order chi connectivity index (χ1) is 8.87. The predicted octanol–water partition coefficient (Wildman–Crippen LogP) is 2.50. The minimum absolute atomic E-state index is 0.0607. The maximum atomic E-state index is 11.7. The Balaban J connectivity index is 2.13. The number of amides is 1. The van der Waals surface area contributed by atoms with Crippen LogP contribution in [0.3, 0.4) is 0 Å². The van der Waals surface area contributed by atoms with Gasteiger partial charge < -0.3 is 15.1 Å². The van der Waals surface area contributed by atoms with Gasteiger partial charge >= 0.3 is 0 Å². The van der Waals surface area contributed by atoms with Crippen molar-refractivity contribution < 1.29 is 9.21 Å². The van der Waals surface area contributed by atoms with Crippen LogP contribution in [0, 0.1) is 0 Å². The molecule has 1 atom stereocenters. The Kier molecular flexibility index (Phi) is 6.09. The molecule has 1 amide bonds. The molecule has 0 bridgehead atoms. The van der Waals surface area contributed by atoms with Crippen molar-refractivity contribution in [3.05, 3.63) is 24.2 Å². The molecule has 0 aliphatic heterocycles. The van der Waals surface area contributed by atoms with Crippen molar-refractivity contribution >= 4 is 5.91 Å². The molecule has 1 aromatic rings. The van der Waals surface area contributed by atoms with Gasteiger partial charge in [-0.3, -0.25) is 4.79 Å². The van der Waals surface area contributed by atoms with Gasteiger partial charge in [-0.1, -0.05) is 0 Å². The first-order valence-electron chi connectivity index (χ1n) is 6.93. The first kappa shape index (κ1) is 15.8. The Morgan fingerprint density at radius 3 is 2.74 bits per heavy atom. The molecule has 0 aliphatic carbocycles. The van der Waals surface area contributed by atoms with Gasteiger partial charge in [0.2, 0.25) is 5.91 Å². The van der Waals surface area contributed by atoms with Crippen molar-refractivity contribution in [2.75, 3.05) is 6.54 Å². The quantitative estimate of drug-likeness (QED) is 0.797. The zero-order valence-electron chi connectivity index (χ0n) is 12.5. The molecule has 1 aromatic heterocycles. The number of rotatable bonds is 7. The molecule has 0 fully saturated rings. The largest absolute Gasteiger partial charge is 0.469 e. The van der Waals surface area contributed by atoms with E-state index in [0.29, 0.717) is 13.0 Å². The van der Waals surface area contributed by atoms with Crippen LogP contribution in [-0.2, 0) is 11.2 Å². The highest BCUT2D eigenvalue weighted by molar-refractivity contribution is 5.76. The zero-order chi connectivity index (χ0) is 14.3. The van der Waals surface area contributed by atoms with Gasteiger partial charge in [-0.15, -0.1) is 0 Å². The van der Waals surface area contributed by atoms with Gasteiger partial charge in [0.15, 0.2) is 0 Å². The van der Waals surface area contributed by atoms with E-state index in [-0.39, 0.29) is 17.5 Å². The number of hydrogen-bond donors (Lipinski definition) is 2. The van der Waals surface area contributed by atoms with E-state index in [2.05, 4.69) is 31.4 Å². The van der Waals surface area contributed by atoms with E-state index in [9.17, 15) is 4.79 Å². The SMILES string of the molecule is CC(CCc1ccco1)NC(=O)CCNC(C)(C)C. The smallest absolute Gasteiger partial charge is 0.221 e. The van der Waals surface area contributed by atoms with Crippen molar-refractivity contribution in [3.8, 4) is 0 Å². The third-order valence-electron chi connectivity index (χ3n) is 2.82. The molecular weight excluding hydrogens is 240 g/mol. The second-order valence-corrected chi connectivity index (χ2v) is 6.01. The Hall–Kier alpha value is -1.29. The Labute approximate surface area is 116 Å². The fourth-order valence-corrected chi connectivity index (χ4v) is 1.78. The summed E-state index contributed by atoms with van der Waals surface area (Å²) < 4.78 is 5.27. The van der Waals surface area contributed by atoms with Crippen LogP contribution >= 0.6 is 0 Å². The van der Waals surface area contributed by atoms with Crippen LogP contribution in [0.5, 0.6) is 0 Å².